The van der Waals surface area contributed by atoms with Crippen LogP contribution in [-0.4, -0.2) is 40.4 Å². The quantitative estimate of drug-likeness (QED) is 0.867. The van der Waals surface area contributed by atoms with Crippen LogP contribution in [0.5, 0.6) is 0 Å². The van der Waals surface area contributed by atoms with Gasteiger partial charge in [-0.1, -0.05) is 18.2 Å². The highest BCUT2D eigenvalue weighted by Crippen LogP contribution is 2.23. The number of carbonyl (C=O) groups is 2. The molecule has 1 amide bonds. The number of para-hydroxylation sites is 1. The molecule has 0 spiro atoms. The van der Waals surface area contributed by atoms with Crippen LogP contribution in [0.3, 0.4) is 0 Å². The third-order valence-corrected chi connectivity index (χ3v) is 3.11. The average Bonchev–Trinajstić information content (AvgIpc) is 2.92. The van der Waals surface area contributed by atoms with E-state index in [1.807, 2.05) is 0 Å². The smallest absolute Gasteiger partial charge is 0.323 e. The molecule has 1 aromatic carbocycles. The Morgan fingerprint density at radius 1 is 1.36 bits per heavy atom. The van der Waals surface area contributed by atoms with Crippen LogP contribution >= 0.6 is 0 Å². The zero-order valence-corrected chi connectivity index (χ0v) is 12.3. The first-order valence-electron chi connectivity index (χ1n) is 6.62. The molecular weight excluding hydrogens is 286 g/mol. The number of aromatic nitrogens is 2. The summed E-state index contributed by atoms with van der Waals surface area (Å²) in [6, 6.07) is 8.63. The predicted octanol–water partition coefficient (Wildman–Crippen LogP) is 1.23. The topological polar surface area (TPSA) is 84.7 Å². The van der Waals surface area contributed by atoms with Crippen LogP contribution in [0.25, 0.3) is 0 Å². The van der Waals surface area contributed by atoms with E-state index < -0.39 is 24.5 Å². The number of aryl methyl sites for hydroxylation is 1. The maximum atomic E-state index is 12.7. The molecule has 0 saturated carbocycles. The highest BCUT2D eigenvalue weighted by molar-refractivity contribution is 6.00. The van der Waals surface area contributed by atoms with Crippen molar-refractivity contribution in [2.75, 3.05) is 18.6 Å². The fourth-order valence-electron chi connectivity index (χ4n) is 2.14. The summed E-state index contributed by atoms with van der Waals surface area (Å²) >= 11 is 0. The van der Waals surface area contributed by atoms with Crippen LogP contribution < -0.4 is 4.90 Å². The van der Waals surface area contributed by atoms with Crippen molar-refractivity contribution in [1.82, 2.24) is 9.78 Å². The number of nitrogens with zero attached hydrogens (tertiary/aromatic N) is 3. The first-order chi connectivity index (χ1) is 10.5. The summed E-state index contributed by atoms with van der Waals surface area (Å²) in [7, 11) is 3.13. The van der Waals surface area contributed by atoms with E-state index in [4.69, 9.17) is 9.84 Å². The maximum absolute atomic E-state index is 12.7. The molecule has 1 aromatic heterocycles. The molecule has 1 atom stereocenters. The summed E-state index contributed by atoms with van der Waals surface area (Å²) in [6.45, 7) is -0.441. The minimum absolute atomic E-state index is 0.441. The van der Waals surface area contributed by atoms with Crippen molar-refractivity contribution in [1.29, 1.82) is 0 Å². The van der Waals surface area contributed by atoms with Gasteiger partial charge in [0, 0.05) is 31.6 Å². The fraction of sp³-hybridized carbons (Fsp3) is 0.267. The zero-order valence-electron chi connectivity index (χ0n) is 12.3. The molecule has 1 N–H and O–H groups in total. The van der Waals surface area contributed by atoms with Crippen molar-refractivity contribution >= 4 is 17.6 Å². The summed E-state index contributed by atoms with van der Waals surface area (Å²) < 4.78 is 6.81. The largest absolute Gasteiger partial charge is 0.480 e. The molecule has 7 heteroatoms. The second-order valence-corrected chi connectivity index (χ2v) is 4.72. The number of methoxy groups -OCH3 is 1. The van der Waals surface area contributed by atoms with Crippen LogP contribution in [0.4, 0.5) is 5.69 Å². The van der Waals surface area contributed by atoms with Crippen molar-refractivity contribution < 1.29 is 19.4 Å². The molecule has 2 aromatic rings. The van der Waals surface area contributed by atoms with Crippen molar-refractivity contribution in [3.63, 3.8) is 0 Å². The lowest BCUT2D eigenvalue weighted by atomic mass is 10.1. The molecule has 22 heavy (non-hydrogen) atoms. The molecule has 116 valence electrons. The van der Waals surface area contributed by atoms with Crippen molar-refractivity contribution in [2.45, 2.75) is 6.10 Å². The highest BCUT2D eigenvalue weighted by Gasteiger charge is 2.29. The lowest BCUT2D eigenvalue weighted by molar-refractivity contribution is -0.138. The summed E-state index contributed by atoms with van der Waals surface area (Å²) in [5.41, 5.74) is 1.07. The maximum Gasteiger partial charge on any atom is 0.323 e. The molecule has 0 bridgehead atoms. The first-order valence-corrected chi connectivity index (χ1v) is 6.62. The molecule has 7 nitrogen and oxygen atoms in total. The van der Waals surface area contributed by atoms with Gasteiger partial charge in [-0.05, 0) is 12.1 Å². The van der Waals surface area contributed by atoms with E-state index >= 15 is 0 Å². The minimum Gasteiger partial charge on any atom is -0.480 e. The predicted molar refractivity (Wildman–Crippen MR) is 79.4 cm³/mol. The summed E-state index contributed by atoms with van der Waals surface area (Å²) in [5, 5.41) is 13.1. The second-order valence-electron chi connectivity index (χ2n) is 4.72. The number of ether oxygens (including phenoxy) is 1. The van der Waals surface area contributed by atoms with Crippen LogP contribution in [0, 0.1) is 0 Å². The Kier molecular flexibility index (Phi) is 4.90. The SMILES string of the molecule is COC(C(=O)N(CC(=O)O)c1ccccc1)c1cnn(C)c1. The highest BCUT2D eigenvalue weighted by atomic mass is 16.5. The zero-order chi connectivity index (χ0) is 16.1. The molecule has 0 aliphatic heterocycles. The van der Waals surface area contributed by atoms with Gasteiger partial charge in [-0.3, -0.25) is 19.2 Å². The van der Waals surface area contributed by atoms with E-state index in [1.54, 1.807) is 48.3 Å². The summed E-state index contributed by atoms with van der Waals surface area (Å²) in [4.78, 5) is 25.0. The van der Waals surface area contributed by atoms with Crippen molar-refractivity contribution in [3.05, 3.63) is 48.3 Å². The van der Waals surface area contributed by atoms with Gasteiger partial charge in [-0.15, -0.1) is 0 Å². The second kappa shape index (κ2) is 6.86. The number of amides is 1. The Morgan fingerprint density at radius 3 is 2.55 bits per heavy atom. The molecular formula is C15H17N3O4. The van der Waals surface area contributed by atoms with Gasteiger partial charge in [0.25, 0.3) is 5.91 Å². The van der Waals surface area contributed by atoms with Gasteiger partial charge >= 0.3 is 5.97 Å². The number of anilines is 1. The van der Waals surface area contributed by atoms with Crippen LogP contribution in [0.1, 0.15) is 11.7 Å². The summed E-state index contributed by atoms with van der Waals surface area (Å²) in [5.74, 6) is -1.55. The van der Waals surface area contributed by atoms with E-state index in [2.05, 4.69) is 5.10 Å². The van der Waals surface area contributed by atoms with E-state index in [0.29, 0.717) is 11.3 Å². The number of carboxylic acids is 1. The van der Waals surface area contributed by atoms with Gasteiger partial charge in [-0.2, -0.15) is 5.10 Å². The molecule has 0 saturated heterocycles. The van der Waals surface area contributed by atoms with Gasteiger partial charge in [-0.25, -0.2) is 0 Å². The number of aliphatic carboxylic acids is 1. The van der Waals surface area contributed by atoms with Crippen molar-refractivity contribution in [2.24, 2.45) is 7.05 Å². The third-order valence-electron chi connectivity index (χ3n) is 3.11. The average molecular weight is 303 g/mol. The number of carbonyl (C=O) groups excluding carboxylic acids is 1. The fourth-order valence-corrected chi connectivity index (χ4v) is 2.14. The normalized spacial score (nSPS) is 11.9. The minimum atomic E-state index is -1.10. The van der Waals surface area contributed by atoms with Crippen LogP contribution in [0.15, 0.2) is 42.7 Å². The number of hydrogen-bond acceptors (Lipinski definition) is 4. The van der Waals surface area contributed by atoms with E-state index in [9.17, 15) is 9.59 Å². The van der Waals surface area contributed by atoms with Gasteiger partial charge in [0.2, 0.25) is 0 Å². The molecule has 1 heterocycles. The third kappa shape index (κ3) is 3.50. The molecule has 0 fully saturated rings. The number of rotatable bonds is 6. The lowest BCUT2D eigenvalue weighted by Gasteiger charge is -2.25. The van der Waals surface area contributed by atoms with E-state index in [-0.39, 0.29) is 0 Å². The monoisotopic (exact) mass is 303 g/mol. The Bertz CT molecular complexity index is 654. The van der Waals surface area contributed by atoms with Gasteiger partial charge in [0.1, 0.15) is 6.54 Å². The number of carboxylic acid groups (broad SMARTS) is 1. The molecule has 0 aliphatic rings. The Balaban J connectivity index is 2.33. The number of hydrogen-bond donors (Lipinski definition) is 1. The van der Waals surface area contributed by atoms with E-state index in [1.165, 1.54) is 18.2 Å². The van der Waals surface area contributed by atoms with Crippen LogP contribution in [0.2, 0.25) is 0 Å². The van der Waals surface area contributed by atoms with Crippen LogP contribution in [-0.2, 0) is 21.4 Å². The van der Waals surface area contributed by atoms with Gasteiger partial charge in [0.05, 0.1) is 6.20 Å². The Labute approximate surface area is 127 Å². The molecule has 1 unspecified atom stereocenters. The molecule has 0 radical (unpaired) electrons. The van der Waals surface area contributed by atoms with E-state index in [0.717, 1.165) is 0 Å². The number of benzene rings is 1. The first kappa shape index (κ1) is 15.7. The van der Waals surface area contributed by atoms with Gasteiger partial charge in [0.15, 0.2) is 6.10 Å². The van der Waals surface area contributed by atoms with Gasteiger partial charge < -0.3 is 9.84 Å². The molecule has 0 aliphatic carbocycles. The standard InChI is InChI=1S/C15H17N3O4/c1-17-9-11(8-16-17)14(22-2)15(21)18(10-13(19)20)12-6-4-3-5-7-12/h3-9,14H,10H2,1-2H3,(H,19,20). The Hall–Kier alpha value is -2.67. The Morgan fingerprint density at radius 2 is 2.05 bits per heavy atom. The lowest BCUT2D eigenvalue weighted by Crippen LogP contribution is -2.39. The molecule has 2 rings (SSSR count). The summed E-state index contributed by atoms with van der Waals surface area (Å²) in [6.07, 6.45) is 2.28. The van der Waals surface area contributed by atoms with Crippen molar-refractivity contribution in [3.8, 4) is 0 Å².